The van der Waals surface area contributed by atoms with E-state index in [4.69, 9.17) is 17.4 Å². The summed E-state index contributed by atoms with van der Waals surface area (Å²) in [7, 11) is 4.13. The molecule has 6 nitrogen and oxygen atoms in total. The normalized spacial score (nSPS) is 17.0. The second kappa shape index (κ2) is 6.60. The molecule has 4 N–H and O–H groups in total. The highest BCUT2D eigenvalue weighted by atomic mass is 35.5. The third-order valence-corrected chi connectivity index (χ3v) is 4.59. The summed E-state index contributed by atoms with van der Waals surface area (Å²) >= 11 is 5.99. The van der Waals surface area contributed by atoms with Gasteiger partial charge < -0.3 is 15.6 Å². The molecule has 0 bridgehead atoms. The Morgan fingerprint density at radius 3 is 2.67 bits per heavy atom. The third kappa shape index (κ3) is 3.45. The number of hydrogen-bond donors (Lipinski definition) is 3. The molecular formula is C14H22ClN5O. The summed E-state index contributed by atoms with van der Waals surface area (Å²) < 4.78 is 0. The van der Waals surface area contributed by atoms with Gasteiger partial charge in [0.2, 0.25) is 0 Å². The number of pyridine rings is 1. The number of halogens is 1. The van der Waals surface area contributed by atoms with Crippen molar-refractivity contribution < 1.29 is 4.79 Å². The predicted octanol–water partition coefficient (Wildman–Crippen LogP) is 1.62. The molecule has 1 aromatic rings. The van der Waals surface area contributed by atoms with Crippen LogP contribution in [0, 0.1) is 0 Å². The van der Waals surface area contributed by atoms with Crippen molar-refractivity contribution in [1.29, 1.82) is 0 Å². The van der Waals surface area contributed by atoms with Crippen LogP contribution in [-0.4, -0.2) is 42.0 Å². The lowest BCUT2D eigenvalue weighted by Crippen LogP contribution is -2.50. The number of nitrogens with two attached hydrogens (primary N) is 1. The van der Waals surface area contributed by atoms with Crippen molar-refractivity contribution in [2.24, 2.45) is 5.84 Å². The van der Waals surface area contributed by atoms with Gasteiger partial charge in [-0.2, -0.15) is 0 Å². The first-order valence-corrected chi connectivity index (χ1v) is 7.44. The molecule has 2 rings (SSSR count). The number of amides is 1. The van der Waals surface area contributed by atoms with E-state index >= 15 is 0 Å². The fraction of sp³-hybridized carbons (Fsp3) is 0.571. The second-order valence-electron chi connectivity index (χ2n) is 5.71. The highest BCUT2D eigenvalue weighted by Crippen LogP contribution is 2.33. The molecule has 1 fully saturated rings. The smallest absolute Gasteiger partial charge is 0.252 e. The first kappa shape index (κ1) is 16.0. The number of carbonyl (C=O) groups is 1. The van der Waals surface area contributed by atoms with E-state index in [-0.39, 0.29) is 11.4 Å². The Hall–Kier alpha value is -1.37. The Morgan fingerprint density at radius 1 is 1.48 bits per heavy atom. The van der Waals surface area contributed by atoms with Crippen LogP contribution in [0.3, 0.4) is 0 Å². The van der Waals surface area contributed by atoms with Gasteiger partial charge in [-0.25, -0.2) is 10.8 Å². The molecule has 7 heteroatoms. The van der Waals surface area contributed by atoms with E-state index in [9.17, 15) is 4.79 Å². The first-order valence-electron chi connectivity index (χ1n) is 7.06. The maximum absolute atomic E-state index is 12.2. The number of hydrogen-bond acceptors (Lipinski definition) is 5. The van der Waals surface area contributed by atoms with E-state index in [1.165, 1.54) is 19.0 Å². The summed E-state index contributed by atoms with van der Waals surface area (Å²) in [6, 6.07) is 1.57. The number of anilines is 1. The molecule has 0 aliphatic heterocycles. The van der Waals surface area contributed by atoms with Crippen molar-refractivity contribution >= 4 is 23.3 Å². The Labute approximate surface area is 130 Å². The quantitative estimate of drug-likeness (QED) is 0.568. The molecule has 1 aliphatic carbocycles. The van der Waals surface area contributed by atoms with Gasteiger partial charge >= 0.3 is 0 Å². The number of nitrogens with one attached hydrogen (secondary N) is 2. The monoisotopic (exact) mass is 311 g/mol. The number of nitrogen functional groups attached to an aromatic ring is 1. The van der Waals surface area contributed by atoms with Gasteiger partial charge in [-0.05, 0) is 33.0 Å². The lowest BCUT2D eigenvalue weighted by atomic mass is 9.96. The fourth-order valence-electron chi connectivity index (χ4n) is 2.83. The number of aromatic nitrogens is 1. The zero-order valence-corrected chi connectivity index (χ0v) is 13.2. The molecule has 0 radical (unpaired) electrons. The van der Waals surface area contributed by atoms with Gasteiger partial charge in [0.25, 0.3) is 5.91 Å². The van der Waals surface area contributed by atoms with Gasteiger partial charge in [-0.15, -0.1) is 0 Å². The number of carbonyl (C=O) groups excluding carboxylic acids is 1. The Morgan fingerprint density at radius 2 is 2.14 bits per heavy atom. The van der Waals surface area contributed by atoms with Gasteiger partial charge in [0.15, 0.2) is 5.82 Å². The zero-order chi connectivity index (χ0) is 15.5. The molecule has 1 amide bonds. The molecule has 1 aliphatic rings. The maximum Gasteiger partial charge on any atom is 0.252 e. The van der Waals surface area contributed by atoms with Crippen LogP contribution in [0.15, 0.2) is 12.3 Å². The molecule has 0 saturated heterocycles. The largest absolute Gasteiger partial charge is 0.350 e. The zero-order valence-electron chi connectivity index (χ0n) is 12.4. The highest BCUT2D eigenvalue weighted by molar-refractivity contribution is 6.33. The van der Waals surface area contributed by atoms with E-state index in [0.29, 0.717) is 22.9 Å². The summed E-state index contributed by atoms with van der Waals surface area (Å²) in [4.78, 5) is 18.5. The summed E-state index contributed by atoms with van der Waals surface area (Å²) in [6.07, 6.45) is 6.09. The van der Waals surface area contributed by atoms with Crippen molar-refractivity contribution in [3.8, 4) is 0 Å². The van der Waals surface area contributed by atoms with E-state index in [1.54, 1.807) is 6.07 Å². The topological polar surface area (TPSA) is 83.3 Å². The molecule has 21 heavy (non-hydrogen) atoms. The van der Waals surface area contributed by atoms with Crippen LogP contribution in [0.1, 0.15) is 36.0 Å². The van der Waals surface area contributed by atoms with Crippen molar-refractivity contribution in [3.63, 3.8) is 0 Å². The number of rotatable bonds is 5. The average Bonchev–Trinajstić information content (AvgIpc) is 2.95. The number of hydrazine groups is 1. The van der Waals surface area contributed by atoms with E-state index in [1.807, 2.05) is 0 Å². The van der Waals surface area contributed by atoms with E-state index in [2.05, 4.69) is 34.7 Å². The minimum absolute atomic E-state index is 0.0611. The van der Waals surface area contributed by atoms with Crippen LogP contribution in [0.25, 0.3) is 0 Å². The van der Waals surface area contributed by atoms with Gasteiger partial charge in [0, 0.05) is 18.3 Å². The third-order valence-electron chi connectivity index (χ3n) is 4.30. The van der Waals surface area contributed by atoms with Crippen LogP contribution >= 0.6 is 11.6 Å². The summed E-state index contributed by atoms with van der Waals surface area (Å²) in [5.74, 6) is 5.46. The highest BCUT2D eigenvalue weighted by Gasteiger charge is 2.36. The van der Waals surface area contributed by atoms with E-state index < -0.39 is 0 Å². The van der Waals surface area contributed by atoms with Crippen molar-refractivity contribution in [2.45, 2.75) is 31.2 Å². The Balaban J connectivity index is 2.03. The lowest BCUT2D eigenvalue weighted by Gasteiger charge is -2.36. The predicted molar refractivity (Wildman–Crippen MR) is 84.3 cm³/mol. The van der Waals surface area contributed by atoms with Gasteiger partial charge in [-0.1, -0.05) is 24.4 Å². The van der Waals surface area contributed by atoms with Crippen molar-refractivity contribution in [2.75, 3.05) is 26.1 Å². The Kier molecular flexibility index (Phi) is 5.03. The van der Waals surface area contributed by atoms with Crippen LogP contribution in [0.2, 0.25) is 5.02 Å². The lowest BCUT2D eigenvalue weighted by molar-refractivity contribution is 0.0899. The summed E-state index contributed by atoms with van der Waals surface area (Å²) in [6.45, 7) is 0.632. The molecule has 1 heterocycles. The first-order chi connectivity index (χ1) is 9.98. The molecule has 1 aromatic heterocycles. The molecule has 0 spiro atoms. The molecule has 0 unspecified atom stereocenters. The van der Waals surface area contributed by atoms with Crippen LogP contribution < -0.4 is 16.6 Å². The Bertz CT molecular complexity index is 514. The van der Waals surface area contributed by atoms with E-state index in [0.717, 1.165) is 12.8 Å². The van der Waals surface area contributed by atoms with Gasteiger partial charge in [0.1, 0.15) is 0 Å². The molecule has 116 valence electrons. The molecular weight excluding hydrogens is 290 g/mol. The number of nitrogens with zero attached hydrogens (tertiary/aromatic N) is 2. The van der Waals surface area contributed by atoms with Crippen molar-refractivity contribution in [1.82, 2.24) is 15.2 Å². The van der Waals surface area contributed by atoms with Crippen LogP contribution in [-0.2, 0) is 0 Å². The minimum atomic E-state index is -0.166. The van der Waals surface area contributed by atoms with Gasteiger partial charge in [0.05, 0.1) is 10.6 Å². The second-order valence-corrected chi connectivity index (χ2v) is 6.11. The summed E-state index contributed by atoms with van der Waals surface area (Å²) in [5, 5.41) is 3.32. The maximum atomic E-state index is 12.2. The van der Waals surface area contributed by atoms with Crippen LogP contribution in [0.4, 0.5) is 5.82 Å². The van der Waals surface area contributed by atoms with Crippen molar-refractivity contribution in [3.05, 3.63) is 22.8 Å². The summed E-state index contributed by atoms with van der Waals surface area (Å²) in [5.41, 5.74) is 2.87. The molecule has 0 aromatic carbocycles. The van der Waals surface area contributed by atoms with Gasteiger partial charge in [-0.3, -0.25) is 4.79 Å². The molecule has 0 atom stereocenters. The SMILES string of the molecule is CN(C)C1(CNC(=O)c2cnc(NN)c(Cl)c2)CCCC1. The fourth-order valence-corrected chi connectivity index (χ4v) is 3.05. The molecule has 1 saturated carbocycles. The standard InChI is InChI=1S/C14H22ClN5O/c1-20(2)14(5-3-4-6-14)9-18-13(21)10-7-11(15)12(19-16)17-8-10/h7-8H,3-6,9,16H2,1-2H3,(H,17,19)(H,18,21). The average molecular weight is 312 g/mol. The van der Waals surface area contributed by atoms with Crippen LogP contribution in [0.5, 0.6) is 0 Å². The number of likely N-dealkylation sites (N-methyl/N-ethyl adjacent to an activating group) is 1. The minimum Gasteiger partial charge on any atom is -0.350 e.